The van der Waals surface area contributed by atoms with Crippen LogP contribution in [0.3, 0.4) is 0 Å². The standard InChI is InChI=1S/C10H11N3/c1-12-10-9(8-2-3-8)4-7(5-11)6-13-10/h4,6,8H,2-3H2,1H3,(H,12,13). The molecule has 0 saturated heterocycles. The average Bonchev–Trinajstić information content (AvgIpc) is 3.00. The van der Waals surface area contributed by atoms with Gasteiger partial charge in [0.1, 0.15) is 11.9 Å². The van der Waals surface area contributed by atoms with Gasteiger partial charge in [0.2, 0.25) is 0 Å². The van der Waals surface area contributed by atoms with Crippen LogP contribution >= 0.6 is 0 Å². The summed E-state index contributed by atoms with van der Waals surface area (Å²) >= 11 is 0. The quantitative estimate of drug-likeness (QED) is 0.742. The molecule has 1 aliphatic carbocycles. The Morgan fingerprint density at radius 1 is 1.62 bits per heavy atom. The maximum absolute atomic E-state index is 8.72. The summed E-state index contributed by atoms with van der Waals surface area (Å²) in [5.41, 5.74) is 1.85. The van der Waals surface area contributed by atoms with Crippen LogP contribution in [0.15, 0.2) is 12.3 Å². The van der Waals surface area contributed by atoms with E-state index in [9.17, 15) is 0 Å². The van der Waals surface area contributed by atoms with E-state index in [4.69, 9.17) is 5.26 Å². The molecule has 1 saturated carbocycles. The Hall–Kier alpha value is -1.56. The fourth-order valence-corrected chi connectivity index (χ4v) is 1.46. The van der Waals surface area contributed by atoms with Crippen LogP contribution in [0.5, 0.6) is 0 Å². The third kappa shape index (κ3) is 1.48. The van der Waals surface area contributed by atoms with Gasteiger partial charge in [-0.3, -0.25) is 0 Å². The summed E-state index contributed by atoms with van der Waals surface area (Å²) < 4.78 is 0. The zero-order chi connectivity index (χ0) is 9.26. The SMILES string of the molecule is CNc1ncc(C#N)cc1C1CC1. The first-order valence-electron chi connectivity index (χ1n) is 4.43. The number of nitrogens with zero attached hydrogens (tertiary/aromatic N) is 2. The smallest absolute Gasteiger partial charge is 0.129 e. The number of pyridine rings is 1. The summed E-state index contributed by atoms with van der Waals surface area (Å²) in [5.74, 6) is 1.55. The van der Waals surface area contributed by atoms with E-state index < -0.39 is 0 Å². The van der Waals surface area contributed by atoms with Crippen LogP contribution in [-0.4, -0.2) is 12.0 Å². The molecule has 0 spiro atoms. The van der Waals surface area contributed by atoms with Gasteiger partial charge in [0.15, 0.2) is 0 Å². The predicted octanol–water partition coefficient (Wildman–Crippen LogP) is 1.87. The molecule has 0 bridgehead atoms. The van der Waals surface area contributed by atoms with Crippen molar-refractivity contribution in [3.63, 3.8) is 0 Å². The van der Waals surface area contributed by atoms with Crippen LogP contribution in [0.4, 0.5) is 5.82 Å². The van der Waals surface area contributed by atoms with Gasteiger partial charge < -0.3 is 5.32 Å². The lowest BCUT2D eigenvalue weighted by Gasteiger charge is -2.06. The first kappa shape index (κ1) is 8.06. The van der Waals surface area contributed by atoms with Gasteiger partial charge in [-0.1, -0.05) is 0 Å². The molecule has 3 nitrogen and oxygen atoms in total. The van der Waals surface area contributed by atoms with E-state index >= 15 is 0 Å². The zero-order valence-corrected chi connectivity index (χ0v) is 7.54. The Balaban J connectivity index is 2.42. The van der Waals surface area contributed by atoms with Crippen molar-refractivity contribution in [3.8, 4) is 6.07 Å². The maximum Gasteiger partial charge on any atom is 0.129 e. The molecule has 1 aromatic heterocycles. The Labute approximate surface area is 77.4 Å². The van der Waals surface area contributed by atoms with E-state index in [-0.39, 0.29) is 0 Å². The normalized spacial score (nSPS) is 15.1. The van der Waals surface area contributed by atoms with Gasteiger partial charge in [0, 0.05) is 13.2 Å². The van der Waals surface area contributed by atoms with Crippen molar-refractivity contribution >= 4 is 5.82 Å². The first-order chi connectivity index (χ1) is 6.35. The fourth-order valence-electron chi connectivity index (χ4n) is 1.46. The highest BCUT2D eigenvalue weighted by molar-refractivity contribution is 5.50. The second-order valence-electron chi connectivity index (χ2n) is 3.30. The molecule has 0 amide bonds. The molecule has 13 heavy (non-hydrogen) atoms. The number of nitriles is 1. The van der Waals surface area contributed by atoms with Gasteiger partial charge in [-0.25, -0.2) is 4.98 Å². The second kappa shape index (κ2) is 3.06. The van der Waals surface area contributed by atoms with Crippen LogP contribution in [0.1, 0.15) is 29.9 Å². The molecule has 0 atom stereocenters. The zero-order valence-electron chi connectivity index (χ0n) is 7.54. The maximum atomic E-state index is 8.72. The van der Waals surface area contributed by atoms with Crippen molar-refractivity contribution in [1.29, 1.82) is 5.26 Å². The predicted molar refractivity (Wildman–Crippen MR) is 50.5 cm³/mol. The lowest BCUT2D eigenvalue weighted by molar-refractivity contribution is 1.08. The molecule has 1 fully saturated rings. The van der Waals surface area contributed by atoms with E-state index in [0.29, 0.717) is 11.5 Å². The van der Waals surface area contributed by atoms with Crippen LogP contribution in [0, 0.1) is 11.3 Å². The van der Waals surface area contributed by atoms with Crippen LogP contribution < -0.4 is 5.32 Å². The molecule has 0 unspecified atom stereocenters. The summed E-state index contributed by atoms with van der Waals surface area (Å²) in [4.78, 5) is 4.20. The lowest BCUT2D eigenvalue weighted by atomic mass is 10.1. The topological polar surface area (TPSA) is 48.7 Å². The lowest BCUT2D eigenvalue weighted by Crippen LogP contribution is -1.98. The summed E-state index contributed by atoms with van der Waals surface area (Å²) in [7, 11) is 1.86. The van der Waals surface area contributed by atoms with Crippen molar-refractivity contribution in [1.82, 2.24) is 4.98 Å². The largest absolute Gasteiger partial charge is 0.373 e. The Kier molecular flexibility index (Phi) is 1.90. The van der Waals surface area contributed by atoms with E-state index in [2.05, 4.69) is 16.4 Å². The second-order valence-corrected chi connectivity index (χ2v) is 3.30. The van der Waals surface area contributed by atoms with Crippen molar-refractivity contribution < 1.29 is 0 Å². The van der Waals surface area contributed by atoms with E-state index in [0.717, 1.165) is 5.82 Å². The van der Waals surface area contributed by atoms with Gasteiger partial charge in [0.05, 0.1) is 5.56 Å². The minimum Gasteiger partial charge on any atom is -0.373 e. The van der Waals surface area contributed by atoms with E-state index in [1.165, 1.54) is 18.4 Å². The minimum absolute atomic E-state index is 0.628. The highest BCUT2D eigenvalue weighted by atomic mass is 15.0. The average molecular weight is 173 g/mol. The van der Waals surface area contributed by atoms with Crippen LogP contribution in [0.2, 0.25) is 0 Å². The summed E-state index contributed by atoms with van der Waals surface area (Å²) in [6, 6.07) is 4.05. The molecule has 3 heteroatoms. The minimum atomic E-state index is 0.628. The van der Waals surface area contributed by atoms with Crippen molar-refractivity contribution in [2.24, 2.45) is 0 Å². The number of nitrogens with one attached hydrogen (secondary N) is 1. The molecule has 0 radical (unpaired) electrons. The molecule has 1 aromatic rings. The molecule has 2 rings (SSSR count). The van der Waals surface area contributed by atoms with Crippen molar-refractivity contribution in [2.75, 3.05) is 12.4 Å². The third-order valence-electron chi connectivity index (χ3n) is 2.30. The van der Waals surface area contributed by atoms with Gasteiger partial charge in [-0.05, 0) is 30.4 Å². The van der Waals surface area contributed by atoms with Gasteiger partial charge in [0.25, 0.3) is 0 Å². The molecule has 0 aliphatic heterocycles. The molecule has 1 aliphatic rings. The van der Waals surface area contributed by atoms with Crippen molar-refractivity contribution in [2.45, 2.75) is 18.8 Å². The van der Waals surface area contributed by atoms with Gasteiger partial charge in [-0.15, -0.1) is 0 Å². The van der Waals surface area contributed by atoms with Gasteiger partial charge >= 0.3 is 0 Å². The number of hydrogen-bond donors (Lipinski definition) is 1. The number of rotatable bonds is 2. The Bertz CT molecular complexity index is 361. The van der Waals surface area contributed by atoms with E-state index in [1.807, 2.05) is 13.1 Å². The van der Waals surface area contributed by atoms with E-state index in [1.54, 1.807) is 6.20 Å². The number of aromatic nitrogens is 1. The number of anilines is 1. The van der Waals surface area contributed by atoms with Crippen molar-refractivity contribution in [3.05, 3.63) is 23.4 Å². The Morgan fingerprint density at radius 2 is 2.38 bits per heavy atom. The van der Waals surface area contributed by atoms with Gasteiger partial charge in [-0.2, -0.15) is 5.26 Å². The molecule has 1 heterocycles. The third-order valence-corrected chi connectivity index (χ3v) is 2.30. The first-order valence-corrected chi connectivity index (χ1v) is 4.43. The van der Waals surface area contributed by atoms with Crippen LogP contribution in [-0.2, 0) is 0 Å². The molecular formula is C10H11N3. The fraction of sp³-hybridized carbons (Fsp3) is 0.400. The molecule has 0 aromatic carbocycles. The molecule has 1 N–H and O–H groups in total. The van der Waals surface area contributed by atoms with Crippen LogP contribution in [0.25, 0.3) is 0 Å². The summed E-state index contributed by atoms with van der Waals surface area (Å²) in [6.07, 6.45) is 4.06. The molecular weight excluding hydrogens is 162 g/mol. The monoisotopic (exact) mass is 173 g/mol. The molecule has 66 valence electrons. The highest BCUT2D eigenvalue weighted by Gasteiger charge is 2.26. The summed E-state index contributed by atoms with van der Waals surface area (Å²) in [6.45, 7) is 0. The number of hydrogen-bond acceptors (Lipinski definition) is 3. The highest BCUT2D eigenvalue weighted by Crippen LogP contribution is 2.42. The summed E-state index contributed by atoms with van der Waals surface area (Å²) in [5, 5.41) is 11.8. The Morgan fingerprint density at radius 3 is 2.92 bits per heavy atom.